The largest absolute Gasteiger partial charge is 0.503 e. The van der Waals surface area contributed by atoms with Gasteiger partial charge in [-0.3, -0.25) is 14.3 Å². The summed E-state index contributed by atoms with van der Waals surface area (Å²) in [6.07, 6.45) is 5.61. The van der Waals surface area contributed by atoms with Gasteiger partial charge in [0.25, 0.3) is 11.3 Å². The van der Waals surface area contributed by atoms with Crippen molar-refractivity contribution in [2.45, 2.75) is 44.6 Å². The van der Waals surface area contributed by atoms with Crippen LogP contribution >= 0.6 is 0 Å². The molecule has 1 aromatic heterocycles. The molecule has 132 valence electrons. The summed E-state index contributed by atoms with van der Waals surface area (Å²) in [5.74, 6) is -1.04. The first-order valence-electron chi connectivity index (χ1n) is 8.55. The molecule has 0 bridgehead atoms. The Morgan fingerprint density at radius 3 is 2.72 bits per heavy atom. The minimum Gasteiger partial charge on any atom is -0.503 e. The average Bonchev–Trinajstić information content (AvgIpc) is 3.07. The number of carbonyl (C=O) groups excluding carboxylic acids is 1. The third-order valence-electron chi connectivity index (χ3n) is 5.05. The number of nitrogens with one attached hydrogen (secondary N) is 1. The van der Waals surface area contributed by atoms with Gasteiger partial charge in [-0.2, -0.15) is 5.10 Å². The Kier molecular flexibility index (Phi) is 4.61. The third-order valence-corrected chi connectivity index (χ3v) is 5.05. The Labute approximate surface area is 146 Å². The molecule has 1 heterocycles. The Bertz CT molecular complexity index is 851. The normalized spacial score (nSPS) is 15.9. The van der Waals surface area contributed by atoms with E-state index in [-0.39, 0.29) is 11.1 Å². The molecule has 0 saturated heterocycles. The first kappa shape index (κ1) is 17.2. The summed E-state index contributed by atoms with van der Waals surface area (Å²) in [6.45, 7) is 2.59. The number of hydrogen-bond donors (Lipinski definition) is 2. The highest BCUT2D eigenvalue weighted by Gasteiger charge is 2.36. The van der Waals surface area contributed by atoms with Crippen molar-refractivity contribution in [2.24, 2.45) is 0 Å². The molecule has 6 heteroatoms. The predicted octanol–water partition coefficient (Wildman–Crippen LogP) is 2.13. The highest BCUT2D eigenvalue weighted by molar-refractivity contribution is 5.92. The first-order chi connectivity index (χ1) is 11.9. The predicted molar refractivity (Wildman–Crippen MR) is 94.9 cm³/mol. The van der Waals surface area contributed by atoms with Gasteiger partial charge in [-0.15, -0.1) is 0 Å². The van der Waals surface area contributed by atoms with Gasteiger partial charge >= 0.3 is 0 Å². The Balaban J connectivity index is 2.03. The number of hydrogen-bond acceptors (Lipinski definition) is 4. The molecule has 0 radical (unpaired) electrons. The monoisotopic (exact) mass is 341 g/mol. The van der Waals surface area contributed by atoms with Gasteiger partial charge in [-0.05, 0) is 25.3 Å². The summed E-state index contributed by atoms with van der Waals surface area (Å²) in [6, 6.07) is 8.43. The maximum Gasteiger partial charge on any atom is 0.275 e. The summed E-state index contributed by atoms with van der Waals surface area (Å²) >= 11 is 0. The maximum absolute atomic E-state index is 12.0. The van der Waals surface area contributed by atoms with E-state index in [4.69, 9.17) is 0 Å². The number of nitrogens with zero attached hydrogens (tertiary/aromatic N) is 2. The van der Waals surface area contributed by atoms with E-state index in [1.165, 1.54) is 29.1 Å². The smallest absolute Gasteiger partial charge is 0.275 e. The maximum atomic E-state index is 12.0. The molecule has 0 aliphatic heterocycles. The lowest BCUT2D eigenvalue weighted by Gasteiger charge is -2.30. The van der Waals surface area contributed by atoms with E-state index >= 15 is 0 Å². The molecule has 1 amide bonds. The molecule has 1 aliphatic rings. The number of amides is 1. The van der Waals surface area contributed by atoms with Crippen molar-refractivity contribution in [1.29, 1.82) is 0 Å². The summed E-state index contributed by atoms with van der Waals surface area (Å²) in [7, 11) is 1.43. The second kappa shape index (κ2) is 6.70. The van der Waals surface area contributed by atoms with E-state index in [1.54, 1.807) is 0 Å². The van der Waals surface area contributed by atoms with Gasteiger partial charge in [0.2, 0.25) is 0 Å². The average molecular weight is 341 g/mol. The zero-order valence-electron chi connectivity index (χ0n) is 14.6. The van der Waals surface area contributed by atoms with Crippen LogP contribution in [0.1, 0.15) is 47.3 Å². The molecule has 1 aromatic carbocycles. The highest BCUT2D eigenvalue weighted by Crippen LogP contribution is 2.42. The number of aromatic nitrogens is 2. The first-order valence-corrected chi connectivity index (χ1v) is 8.55. The molecule has 1 saturated carbocycles. The minimum absolute atomic E-state index is 0.0967. The summed E-state index contributed by atoms with van der Waals surface area (Å²) < 4.78 is 1.54. The molecule has 0 unspecified atom stereocenters. The van der Waals surface area contributed by atoms with Crippen molar-refractivity contribution >= 4 is 5.91 Å². The van der Waals surface area contributed by atoms with Gasteiger partial charge in [0.15, 0.2) is 11.4 Å². The van der Waals surface area contributed by atoms with Crippen molar-refractivity contribution in [3.63, 3.8) is 0 Å². The SMILES string of the molecule is CNC(=O)c1nn(CC2(c3cccc(C)c3)CCCC2)cc(O)c1=O. The molecule has 25 heavy (non-hydrogen) atoms. The Morgan fingerprint density at radius 1 is 1.36 bits per heavy atom. The van der Waals surface area contributed by atoms with Crippen LogP contribution < -0.4 is 10.7 Å². The fraction of sp³-hybridized carbons (Fsp3) is 0.421. The molecular weight excluding hydrogens is 318 g/mol. The van der Waals surface area contributed by atoms with E-state index < -0.39 is 17.1 Å². The van der Waals surface area contributed by atoms with Crippen molar-refractivity contribution in [3.05, 3.63) is 57.5 Å². The van der Waals surface area contributed by atoms with E-state index in [2.05, 4.69) is 41.6 Å². The number of rotatable bonds is 4. The van der Waals surface area contributed by atoms with Crippen LogP contribution in [0.5, 0.6) is 5.75 Å². The van der Waals surface area contributed by atoms with Gasteiger partial charge in [0.1, 0.15) is 0 Å². The molecule has 2 aromatic rings. The van der Waals surface area contributed by atoms with Crippen LogP contribution in [0.25, 0.3) is 0 Å². The number of aryl methyl sites for hydroxylation is 1. The van der Waals surface area contributed by atoms with Crippen molar-refractivity contribution in [1.82, 2.24) is 15.1 Å². The zero-order valence-corrected chi connectivity index (χ0v) is 14.6. The van der Waals surface area contributed by atoms with Crippen LogP contribution in [-0.4, -0.2) is 27.8 Å². The van der Waals surface area contributed by atoms with Crippen LogP contribution in [0.2, 0.25) is 0 Å². The molecule has 0 spiro atoms. The lowest BCUT2D eigenvalue weighted by molar-refractivity contribution is 0.0953. The Hall–Kier alpha value is -2.63. The molecule has 1 aliphatic carbocycles. The van der Waals surface area contributed by atoms with Crippen LogP contribution in [0, 0.1) is 6.92 Å². The van der Waals surface area contributed by atoms with Crippen LogP contribution in [-0.2, 0) is 12.0 Å². The lowest BCUT2D eigenvalue weighted by Crippen LogP contribution is -2.33. The summed E-state index contributed by atoms with van der Waals surface area (Å²) in [5, 5.41) is 16.5. The van der Waals surface area contributed by atoms with Gasteiger partial charge in [-0.25, -0.2) is 0 Å². The van der Waals surface area contributed by atoms with Gasteiger partial charge in [-0.1, -0.05) is 42.7 Å². The molecule has 1 fully saturated rings. The topological polar surface area (TPSA) is 84.2 Å². The molecular formula is C19H23N3O3. The minimum atomic E-state index is -0.744. The quantitative estimate of drug-likeness (QED) is 0.892. The third kappa shape index (κ3) is 3.29. The van der Waals surface area contributed by atoms with Crippen LogP contribution in [0.4, 0.5) is 0 Å². The van der Waals surface area contributed by atoms with Gasteiger partial charge < -0.3 is 10.4 Å². The van der Waals surface area contributed by atoms with Crippen LogP contribution in [0.15, 0.2) is 35.3 Å². The van der Waals surface area contributed by atoms with Crippen molar-refractivity contribution in [2.75, 3.05) is 7.05 Å². The van der Waals surface area contributed by atoms with Gasteiger partial charge in [0.05, 0.1) is 12.7 Å². The van der Waals surface area contributed by atoms with E-state index in [0.717, 1.165) is 25.7 Å². The van der Waals surface area contributed by atoms with E-state index in [1.807, 2.05) is 0 Å². The zero-order chi connectivity index (χ0) is 18.0. The van der Waals surface area contributed by atoms with Crippen LogP contribution in [0.3, 0.4) is 0 Å². The Morgan fingerprint density at radius 2 is 2.08 bits per heavy atom. The molecule has 3 rings (SSSR count). The fourth-order valence-electron chi connectivity index (χ4n) is 3.75. The number of aromatic hydroxyl groups is 1. The number of benzene rings is 1. The summed E-state index contributed by atoms with van der Waals surface area (Å²) in [4.78, 5) is 23.8. The lowest BCUT2D eigenvalue weighted by atomic mass is 9.78. The van der Waals surface area contributed by atoms with E-state index in [9.17, 15) is 14.7 Å². The van der Waals surface area contributed by atoms with Gasteiger partial charge in [0, 0.05) is 12.5 Å². The highest BCUT2D eigenvalue weighted by atomic mass is 16.3. The van der Waals surface area contributed by atoms with E-state index in [0.29, 0.717) is 6.54 Å². The second-order valence-electron chi connectivity index (χ2n) is 6.83. The van der Waals surface area contributed by atoms with Crippen molar-refractivity contribution in [3.8, 4) is 5.75 Å². The second-order valence-corrected chi connectivity index (χ2v) is 6.83. The fourth-order valence-corrected chi connectivity index (χ4v) is 3.75. The molecule has 2 N–H and O–H groups in total. The number of carbonyl (C=O) groups is 1. The summed E-state index contributed by atoms with van der Waals surface area (Å²) in [5.41, 5.74) is 1.32. The standard InChI is InChI=1S/C19H23N3O3/c1-13-6-5-7-14(10-13)19(8-3-4-9-19)12-22-11-15(23)17(24)16(21-22)18(25)20-2/h5-7,10-11,23H,3-4,8-9,12H2,1-2H3,(H,20,25). The van der Waals surface area contributed by atoms with Crippen molar-refractivity contribution < 1.29 is 9.90 Å². The molecule has 0 atom stereocenters. The molecule has 6 nitrogen and oxygen atoms in total.